The van der Waals surface area contributed by atoms with Crippen molar-refractivity contribution in [1.82, 2.24) is 19.9 Å². The van der Waals surface area contributed by atoms with Gasteiger partial charge in [-0.3, -0.25) is 4.90 Å². The minimum absolute atomic E-state index is 0.450. The fourth-order valence-corrected chi connectivity index (χ4v) is 4.33. The second-order valence-corrected chi connectivity index (χ2v) is 8.62. The van der Waals surface area contributed by atoms with Crippen molar-refractivity contribution in [3.8, 4) is 11.4 Å². The molecular formula is C23H18BrF3N4. The SMILES string of the molecule is FC(F)(F)c1ccc(-c2ncc3c(n2)CN(Cc2c[nH]c4cc(Br)ccc24)CC3)cc1. The standard InChI is InChI=1S/C23H18BrF3N4/c24-18-5-6-19-16(11-28-20(19)9-18)12-31-8-7-15-10-29-22(30-21(15)13-31)14-1-3-17(4-2-14)23(25,26)27/h1-6,9-11,28H,7-8,12-13H2. The van der Waals surface area contributed by atoms with Crippen LogP contribution in [-0.2, 0) is 25.7 Å². The Morgan fingerprint density at radius 1 is 1.10 bits per heavy atom. The Bertz CT molecular complexity index is 1250. The Labute approximate surface area is 185 Å². The van der Waals surface area contributed by atoms with Crippen LogP contribution in [0.3, 0.4) is 0 Å². The van der Waals surface area contributed by atoms with Crippen LogP contribution in [0.4, 0.5) is 13.2 Å². The van der Waals surface area contributed by atoms with Gasteiger partial charge in [0.25, 0.3) is 0 Å². The van der Waals surface area contributed by atoms with Gasteiger partial charge in [-0.15, -0.1) is 0 Å². The number of hydrogen-bond acceptors (Lipinski definition) is 3. The van der Waals surface area contributed by atoms with Crippen molar-refractivity contribution in [2.75, 3.05) is 6.54 Å². The smallest absolute Gasteiger partial charge is 0.361 e. The van der Waals surface area contributed by atoms with E-state index >= 15 is 0 Å². The first kappa shape index (κ1) is 20.2. The molecule has 0 amide bonds. The van der Waals surface area contributed by atoms with Gasteiger partial charge in [0.2, 0.25) is 0 Å². The van der Waals surface area contributed by atoms with Gasteiger partial charge < -0.3 is 4.98 Å². The molecule has 4 aromatic rings. The molecule has 158 valence electrons. The molecule has 31 heavy (non-hydrogen) atoms. The molecule has 0 fully saturated rings. The van der Waals surface area contributed by atoms with E-state index in [1.54, 1.807) is 6.20 Å². The summed E-state index contributed by atoms with van der Waals surface area (Å²) in [6, 6.07) is 11.2. The van der Waals surface area contributed by atoms with Crippen molar-refractivity contribution in [1.29, 1.82) is 0 Å². The van der Waals surface area contributed by atoms with Crippen molar-refractivity contribution in [2.45, 2.75) is 25.7 Å². The molecule has 1 N–H and O–H groups in total. The molecule has 0 atom stereocenters. The highest BCUT2D eigenvalue weighted by Crippen LogP contribution is 2.31. The molecule has 4 nitrogen and oxygen atoms in total. The lowest BCUT2D eigenvalue weighted by molar-refractivity contribution is -0.137. The van der Waals surface area contributed by atoms with Gasteiger partial charge in [0, 0.05) is 53.0 Å². The van der Waals surface area contributed by atoms with Gasteiger partial charge in [-0.25, -0.2) is 9.97 Å². The molecule has 0 aliphatic carbocycles. The molecule has 8 heteroatoms. The fourth-order valence-electron chi connectivity index (χ4n) is 3.97. The van der Waals surface area contributed by atoms with E-state index in [0.29, 0.717) is 17.9 Å². The number of fused-ring (bicyclic) bond motifs is 2. The van der Waals surface area contributed by atoms with Gasteiger partial charge in [-0.05, 0) is 41.8 Å². The van der Waals surface area contributed by atoms with Crippen molar-refractivity contribution in [3.63, 3.8) is 0 Å². The van der Waals surface area contributed by atoms with E-state index in [-0.39, 0.29) is 0 Å². The van der Waals surface area contributed by atoms with Gasteiger partial charge in [0.05, 0.1) is 11.3 Å². The third-order valence-electron chi connectivity index (χ3n) is 5.62. The Hall–Kier alpha value is -2.71. The first-order valence-electron chi connectivity index (χ1n) is 9.87. The minimum Gasteiger partial charge on any atom is -0.361 e. The summed E-state index contributed by atoms with van der Waals surface area (Å²) in [4.78, 5) is 14.7. The quantitative estimate of drug-likeness (QED) is 0.388. The summed E-state index contributed by atoms with van der Waals surface area (Å²) in [6.45, 7) is 2.37. The maximum Gasteiger partial charge on any atom is 0.416 e. The predicted octanol–water partition coefficient (Wildman–Crippen LogP) is 5.96. The van der Waals surface area contributed by atoms with Crippen LogP contribution in [-0.4, -0.2) is 26.4 Å². The van der Waals surface area contributed by atoms with E-state index < -0.39 is 11.7 Å². The third-order valence-corrected chi connectivity index (χ3v) is 6.11. The van der Waals surface area contributed by atoms with E-state index in [4.69, 9.17) is 0 Å². The topological polar surface area (TPSA) is 44.8 Å². The second kappa shape index (κ2) is 7.76. The second-order valence-electron chi connectivity index (χ2n) is 7.71. The summed E-state index contributed by atoms with van der Waals surface area (Å²) < 4.78 is 39.5. The number of aromatic amines is 1. The van der Waals surface area contributed by atoms with E-state index in [0.717, 1.165) is 52.9 Å². The molecule has 0 spiro atoms. The highest BCUT2D eigenvalue weighted by Gasteiger charge is 2.30. The summed E-state index contributed by atoms with van der Waals surface area (Å²) in [5.41, 5.74) is 4.24. The number of H-pyrrole nitrogens is 1. The van der Waals surface area contributed by atoms with Gasteiger partial charge >= 0.3 is 6.18 Å². The van der Waals surface area contributed by atoms with E-state index in [9.17, 15) is 13.2 Å². The van der Waals surface area contributed by atoms with Crippen molar-refractivity contribution in [2.24, 2.45) is 0 Å². The Balaban J connectivity index is 1.37. The van der Waals surface area contributed by atoms with Crippen LogP contribution < -0.4 is 0 Å². The molecule has 0 unspecified atom stereocenters. The largest absolute Gasteiger partial charge is 0.416 e. The van der Waals surface area contributed by atoms with Gasteiger partial charge in [0.15, 0.2) is 5.82 Å². The van der Waals surface area contributed by atoms with Crippen molar-refractivity contribution >= 4 is 26.8 Å². The van der Waals surface area contributed by atoms with E-state index in [1.165, 1.54) is 23.1 Å². The lowest BCUT2D eigenvalue weighted by Crippen LogP contribution is -2.31. The number of benzene rings is 2. The zero-order valence-electron chi connectivity index (χ0n) is 16.4. The van der Waals surface area contributed by atoms with E-state index in [2.05, 4.69) is 47.9 Å². The Kier molecular flexibility index (Phi) is 5.06. The zero-order chi connectivity index (χ0) is 21.6. The molecule has 0 saturated heterocycles. The van der Waals surface area contributed by atoms with Crippen LogP contribution in [0.25, 0.3) is 22.3 Å². The van der Waals surface area contributed by atoms with Crippen molar-refractivity contribution < 1.29 is 13.2 Å². The summed E-state index contributed by atoms with van der Waals surface area (Å²) in [5, 5.41) is 1.20. The van der Waals surface area contributed by atoms with Crippen LogP contribution in [0, 0.1) is 0 Å². The highest BCUT2D eigenvalue weighted by atomic mass is 79.9. The predicted molar refractivity (Wildman–Crippen MR) is 116 cm³/mol. The summed E-state index contributed by atoms with van der Waals surface area (Å²) in [5.74, 6) is 0.450. The lowest BCUT2D eigenvalue weighted by atomic mass is 10.0. The van der Waals surface area contributed by atoms with Gasteiger partial charge in [-0.1, -0.05) is 34.1 Å². The van der Waals surface area contributed by atoms with Crippen LogP contribution >= 0.6 is 15.9 Å². The molecule has 1 aliphatic rings. The van der Waals surface area contributed by atoms with Crippen LogP contribution in [0.1, 0.15) is 22.4 Å². The molecule has 0 bridgehead atoms. The molecule has 2 aromatic carbocycles. The summed E-state index contributed by atoms with van der Waals surface area (Å²) >= 11 is 3.50. The molecule has 5 rings (SSSR count). The number of alkyl halides is 3. The summed E-state index contributed by atoms with van der Waals surface area (Å²) in [7, 11) is 0. The summed E-state index contributed by atoms with van der Waals surface area (Å²) in [6.07, 6.45) is 0.334. The Morgan fingerprint density at radius 2 is 1.90 bits per heavy atom. The maximum atomic E-state index is 12.8. The normalized spacial score (nSPS) is 14.7. The van der Waals surface area contributed by atoms with Gasteiger partial charge in [-0.2, -0.15) is 13.2 Å². The number of nitrogens with one attached hydrogen (secondary N) is 1. The highest BCUT2D eigenvalue weighted by molar-refractivity contribution is 9.10. The fraction of sp³-hybridized carbons (Fsp3) is 0.217. The zero-order valence-corrected chi connectivity index (χ0v) is 18.0. The maximum absolute atomic E-state index is 12.8. The van der Waals surface area contributed by atoms with Crippen LogP contribution in [0.15, 0.2) is 59.3 Å². The number of rotatable bonds is 3. The molecular weight excluding hydrogens is 469 g/mol. The number of aromatic nitrogens is 3. The van der Waals surface area contributed by atoms with E-state index in [1.807, 2.05) is 12.3 Å². The molecule has 2 aromatic heterocycles. The minimum atomic E-state index is -4.35. The van der Waals surface area contributed by atoms with Crippen molar-refractivity contribution in [3.05, 3.63) is 81.7 Å². The van der Waals surface area contributed by atoms with Crippen LogP contribution in [0.2, 0.25) is 0 Å². The Morgan fingerprint density at radius 3 is 2.68 bits per heavy atom. The molecule has 0 radical (unpaired) electrons. The average Bonchev–Trinajstić information content (AvgIpc) is 3.14. The number of nitrogens with zero attached hydrogens (tertiary/aromatic N) is 3. The molecule has 0 saturated carbocycles. The molecule has 1 aliphatic heterocycles. The first-order valence-corrected chi connectivity index (χ1v) is 10.7. The number of hydrogen-bond donors (Lipinski definition) is 1. The number of halogens is 4. The van der Waals surface area contributed by atoms with Gasteiger partial charge in [0.1, 0.15) is 0 Å². The molecule has 3 heterocycles. The van der Waals surface area contributed by atoms with Crippen LogP contribution in [0.5, 0.6) is 0 Å². The monoisotopic (exact) mass is 486 g/mol. The lowest BCUT2D eigenvalue weighted by Gasteiger charge is -2.27. The first-order chi connectivity index (χ1) is 14.9. The average molecular weight is 487 g/mol. The third kappa shape index (κ3) is 4.09.